The molecule has 0 spiro atoms. The average molecular weight is 495 g/mol. The van der Waals surface area contributed by atoms with Crippen molar-refractivity contribution in [2.75, 3.05) is 5.32 Å². The summed E-state index contributed by atoms with van der Waals surface area (Å²) in [6.07, 6.45) is -5.92. The van der Waals surface area contributed by atoms with Gasteiger partial charge in [0, 0.05) is 18.5 Å². The summed E-state index contributed by atoms with van der Waals surface area (Å²) in [6.45, 7) is -0.150. The van der Waals surface area contributed by atoms with Gasteiger partial charge in [-0.05, 0) is 35.7 Å². The van der Waals surface area contributed by atoms with Gasteiger partial charge in [-0.1, -0.05) is 18.2 Å². The maximum Gasteiger partial charge on any atom is 0.573 e. The fourth-order valence-electron chi connectivity index (χ4n) is 3.80. The zero-order chi connectivity index (χ0) is 25.3. The van der Waals surface area contributed by atoms with E-state index < -0.39 is 53.5 Å². The maximum atomic E-state index is 14.2. The number of amides is 4. The average Bonchev–Trinajstić information content (AvgIpc) is 3.10. The van der Waals surface area contributed by atoms with E-state index in [1.165, 1.54) is 11.0 Å². The van der Waals surface area contributed by atoms with Crippen LogP contribution < -0.4 is 15.4 Å². The van der Waals surface area contributed by atoms with Crippen LogP contribution in [0.3, 0.4) is 0 Å². The minimum absolute atomic E-state index is 0.122. The maximum absolute atomic E-state index is 14.2. The predicted octanol–water partition coefficient (Wildman–Crippen LogP) is 3.23. The van der Waals surface area contributed by atoms with E-state index in [0.29, 0.717) is 16.7 Å². The van der Waals surface area contributed by atoms with Crippen molar-refractivity contribution in [3.8, 4) is 5.75 Å². The number of ether oxygens (including phenoxy) is 2. The van der Waals surface area contributed by atoms with Gasteiger partial charge in [0.15, 0.2) is 11.6 Å². The van der Waals surface area contributed by atoms with Crippen LogP contribution in [0.5, 0.6) is 5.75 Å². The molecule has 2 aromatic rings. The largest absolute Gasteiger partial charge is 0.573 e. The van der Waals surface area contributed by atoms with Gasteiger partial charge in [0.05, 0.1) is 5.69 Å². The quantitative estimate of drug-likeness (QED) is 0.487. The molecule has 0 aromatic heterocycles. The number of benzene rings is 2. The zero-order valence-corrected chi connectivity index (χ0v) is 17.8. The van der Waals surface area contributed by atoms with Crippen molar-refractivity contribution in [2.45, 2.75) is 38.4 Å². The number of hydrogen-bond donors (Lipinski definition) is 2. The lowest BCUT2D eigenvalue weighted by atomic mass is 10.0. The minimum atomic E-state index is -5.11. The van der Waals surface area contributed by atoms with Gasteiger partial charge in [-0.15, -0.1) is 13.2 Å². The Hall–Kier alpha value is -4.16. The van der Waals surface area contributed by atoms with Gasteiger partial charge in [0.25, 0.3) is 5.91 Å². The fourth-order valence-corrected chi connectivity index (χ4v) is 3.80. The Morgan fingerprint density at radius 2 is 1.94 bits per heavy atom. The molecule has 1 atom stereocenters. The van der Waals surface area contributed by atoms with Crippen molar-refractivity contribution in [1.29, 1.82) is 0 Å². The highest BCUT2D eigenvalue weighted by molar-refractivity contribution is 6.05. The van der Waals surface area contributed by atoms with E-state index in [0.717, 1.165) is 18.2 Å². The van der Waals surface area contributed by atoms with Crippen LogP contribution in [-0.2, 0) is 27.5 Å². The van der Waals surface area contributed by atoms with Crippen LogP contribution in [0.25, 0.3) is 0 Å². The molecule has 9 nitrogen and oxygen atoms in total. The molecule has 2 heterocycles. The molecule has 2 aliphatic rings. The first-order valence-electron chi connectivity index (χ1n) is 10.3. The van der Waals surface area contributed by atoms with Crippen molar-refractivity contribution in [2.24, 2.45) is 0 Å². The Balaban J connectivity index is 1.38. The Morgan fingerprint density at radius 3 is 2.66 bits per heavy atom. The molecule has 35 heavy (non-hydrogen) atoms. The molecule has 1 unspecified atom stereocenters. The molecule has 0 bridgehead atoms. The minimum Gasteiger partial charge on any atom is -0.444 e. The van der Waals surface area contributed by atoms with Gasteiger partial charge in [-0.25, -0.2) is 9.18 Å². The first-order chi connectivity index (χ1) is 16.5. The lowest BCUT2D eigenvalue weighted by Crippen LogP contribution is -2.52. The zero-order valence-electron chi connectivity index (χ0n) is 17.8. The summed E-state index contributed by atoms with van der Waals surface area (Å²) in [5.74, 6) is -3.90. The molecule has 4 rings (SSSR count). The van der Waals surface area contributed by atoms with E-state index in [1.807, 2.05) is 5.32 Å². The van der Waals surface area contributed by atoms with Crippen LogP contribution in [-0.4, -0.2) is 41.1 Å². The van der Waals surface area contributed by atoms with Crippen molar-refractivity contribution in [3.63, 3.8) is 0 Å². The first-order valence-corrected chi connectivity index (χ1v) is 10.3. The number of nitrogens with one attached hydrogen (secondary N) is 2. The monoisotopic (exact) mass is 495 g/mol. The summed E-state index contributed by atoms with van der Waals surface area (Å²) in [5, 5.41) is 4.21. The third kappa shape index (κ3) is 5.34. The van der Waals surface area contributed by atoms with Gasteiger partial charge in [-0.3, -0.25) is 25.0 Å². The van der Waals surface area contributed by atoms with Gasteiger partial charge in [-0.2, -0.15) is 0 Å². The molecule has 1 fully saturated rings. The van der Waals surface area contributed by atoms with Gasteiger partial charge in [0.1, 0.15) is 12.6 Å². The van der Waals surface area contributed by atoms with Crippen molar-refractivity contribution >= 4 is 29.5 Å². The molecule has 2 aromatic carbocycles. The second-order valence-corrected chi connectivity index (χ2v) is 7.76. The van der Waals surface area contributed by atoms with E-state index in [2.05, 4.69) is 10.1 Å². The third-order valence-electron chi connectivity index (χ3n) is 5.39. The molecule has 1 saturated heterocycles. The van der Waals surface area contributed by atoms with Crippen LogP contribution in [0.4, 0.5) is 28.0 Å². The Kier molecular flexibility index (Phi) is 6.33. The number of imide groups is 1. The highest BCUT2D eigenvalue weighted by Gasteiger charge is 2.39. The summed E-state index contributed by atoms with van der Waals surface area (Å²) < 4.78 is 59.8. The van der Waals surface area contributed by atoms with Crippen LogP contribution in [0.15, 0.2) is 36.4 Å². The van der Waals surface area contributed by atoms with Gasteiger partial charge in [0.2, 0.25) is 11.8 Å². The first kappa shape index (κ1) is 24.0. The lowest BCUT2D eigenvalue weighted by Gasteiger charge is -2.29. The number of nitrogens with zero attached hydrogens (tertiary/aromatic N) is 1. The van der Waals surface area contributed by atoms with Crippen LogP contribution in [0, 0.1) is 5.82 Å². The van der Waals surface area contributed by atoms with Crippen molar-refractivity contribution in [3.05, 3.63) is 58.9 Å². The number of carbonyl (C=O) groups excluding carboxylic acids is 4. The van der Waals surface area contributed by atoms with Crippen LogP contribution >= 0.6 is 0 Å². The third-order valence-corrected chi connectivity index (χ3v) is 5.39. The SMILES string of the molecule is O=C1CCC(N2Cc3ccc(COC(=O)Nc4cccc(OC(F)(F)F)c4F)cc3C2=O)C(=O)N1. The van der Waals surface area contributed by atoms with Gasteiger partial charge >= 0.3 is 12.5 Å². The number of halogens is 4. The molecule has 13 heteroatoms. The Morgan fingerprint density at radius 1 is 1.17 bits per heavy atom. The molecule has 2 N–H and O–H groups in total. The Labute approximate surface area is 195 Å². The summed E-state index contributed by atoms with van der Waals surface area (Å²) >= 11 is 0. The highest BCUT2D eigenvalue weighted by atomic mass is 19.4. The number of hydrogen-bond acceptors (Lipinski definition) is 6. The van der Waals surface area contributed by atoms with E-state index >= 15 is 0 Å². The molecule has 0 radical (unpaired) electrons. The number of anilines is 1. The molecule has 184 valence electrons. The standard InChI is InChI=1S/C22H17F4N3O6/c23-18-14(2-1-3-16(18)35-22(24,25)26)27-21(33)34-10-11-4-5-12-9-29(20(32)13(12)8-11)15-6-7-17(30)28-19(15)31/h1-5,8,15H,6-7,9-10H2,(H,27,33)(H,28,30,31). The lowest BCUT2D eigenvalue weighted by molar-refractivity contribution is -0.275. The molecular formula is C22H17F4N3O6. The second-order valence-electron chi connectivity index (χ2n) is 7.76. The van der Waals surface area contributed by atoms with E-state index in [-0.39, 0.29) is 26.0 Å². The molecule has 0 saturated carbocycles. The van der Waals surface area contributed by atoms with Crippen LogP contribution in [0.1, 0.15) is 34.3 Å². The van der Waals surface area contributed by atoms with Crippen LogP contribution in [0.2, 0.25) is 0 Å². The molecule has 2 aliphatic heterocycles. The Bertz CT molecular complexity index is 1220. The van der Waals surface area contributed by atoms with Crippen molar-refractivity contribution in [1.82, 2.24) is 10.2 Å². The van der Waals surface area contributed by atoms with Crippen molar-refractivity contribution < 1.29 is 46.2 Å². The molecule has 0 aliphatic carbocycles. The summed E-state index contributed by atoms with van der Waals surface area (Å²) in [7, 11) is 0. The molecule has 4 amide bonds. The highest BCUT2D eigenvalue weighted by Crippen LogP contribution is 2.30. The number of alkyl halides is 3. The predicted molar refractivity (Wildman–Crippen MR) is 109 cm³/mol. The summed E-state index contributed by atoms with van der Waals surface area (Å²) in [4.78, 5) is 49.7. The van der Waals surface area contributed by atoms with E-state index in [9.17, 15) is 36.7 Å². The fraction of sp³-hybridized carbons (Fsp3) is 0.273. The normalized spacial score (nSPS) is 17.7. The van der Waals surface area contributed by atoms with E-state index in [1.54, 1.807) is 12.1 Å². The number of fused-ring (bicyclic) bond motifs is 1. The second kappa shape index (κ2) is 9.24. The number of piperidine rings is 1. The summed E-state index contributed by atoms with van der Waals surface area (Å²) in [5.41, 5.74) is 0.781. The van der Waals surface area contributed by atoms with Gasteiger partial charge < -0.3 is 14.4 Å². The smallest absolute Gasteiger partial charge is 0.444 e. The topological polar surface area (TPSA) is 114 Å². The number of carbonyl (C=O) groups is 4. The molecular weight excluding hydrogens is 478 g/mol. The van der Waals surface area contributed by atoms with E-state index in [4.69, 9.17) is 4.74 Å². The summed E-state index contributed by atoms with van der Waals surface area (Å²) in [6, 6.07) is 6.76. The number of rotatable bonds is 5.